The van der Waals surface area contributed by atoms with Crippen molar-refractivity contribution in [1.82, 2.24) is 15.3 Å². The smallest absolute Gasteiger partial charge is 0.225 e. The fourth-order valence-electron chi connectivity index (χ4n) is 4.80. The number of nitrogens with zero attached hydrogens (tertiary/aromatic N) is 3. The molecule has 0 atom stereocenters. The van der Waals surface area contributed by atoms with Crippen LogP contribution in [0.2, 0.25) is 0 Å². The van der Waals surface area contributed by atoms with E-state index >= 15 is 0 Å². The summed E-state index contributed by atoms with van der Waals surface area (Å²) < 4.78 is 24.8. The minimum Gasteiger partial charge on any atom is -0.493 e. The van der Waals surface area contributed by atoms with Gasteiger partial charge in [0.05, 0.1) is 19.7 Å². The Hall–Kier alpha value is -3.13. The second-order valence-corrected chi connectivity index (χ2v) is 9.48. The number of rotatable bonds is 10. The quantitative estimate of drug-likeness (QED) is 0.428. The summed E-state index contributed by atoms with van der Waals surface area (Å²) in [7, 11) is 7.09. The molecule has 8 heteroatoms. The van der Waals surface area contributed by atoms with E-state index in [4.69, 9.17) is 19.4 Å². The van der Waals surface area contributed by atoms with Crippen molar-refractivity contribution in [3.05, 3.63) is 47.8 Å². The zero-order valence-electron chi connectivity index (χ0n) is 21.1. The molecule has 0 radical (unpaired) electrons. The lowest BCUT2D eigenvalue weighted by Gasteiger charge is -2.29. The molecule has 0 spiro atoms. The minimum atomic E-state index is -0.279. The number of ether oxygens (including phenoxy) is 2. The van der Waals surface area contributed by atoms with Crippen molar-refractivity contribution in [1.29, 1.82) is 0 Å². The summed E-state index contributed by atoms with van der Waals surface area (Å²) in [6.45, 7) is 2.23. The predicted octanol–water partition coefficient (Wildman–Crippen LogP) is 4.86. The number of methoxy groups -OCH3 is 2. The molecule has 1 heterocycles. The van der Waals surface area contributed by atoms with Crippen molar-refractivity contribution in [2.75, 3.05) is 51.6 Å². The van der Waals surface area contributed by atoms with E-state index in [1.54, 1.807) is 13.2 Å². The molecule has 0 saturated heterocycles. The maximum atomic E-state index is 14.4. The SMILES string of the molecule is COc1cc(F)c(CNCC2CCC(CNc3nc(N(C)C)c4ccccc4n3)CC2)cc1OC. The molecule has 1 saturated carbocycles. The molecule has 1 aromatic heterocycles. The van der Waals surface area contributed by atoms with E-state index in [1.807, 2.05) is 37.2 Å². The lowest BCUT2D eigenvalue weighted by molar-refractivity contribution is 0.275. The van der Waals surface area contributed by atoms with Gasteiger partial charge in [-0.2, -0.15) is 4.98 Å². The van der Waals surface area contributed by atoms with Crippen LogP contribution in [0.5, 0.6) is 11.5 Å². The Balaban J connectivity index is 1.24. The van der Waals surface area contributed by atoms with E-state index < -0.39 is 0 Å². The third kappa shape index (κ3) is 6.11. The van der Waals surface area contributed by atoms with Crippen LogP contribution in [0, 0.1) is 17.7 Å². The molecular formula is C27H36FN5O2. The van der Waals surface area contributed by atoms with Gasteiger partial charge in [0.25, 0.3) is 0 Å². The summed E-state index contributed by atoms with van der Waals surface area (Å²) in [5.41, 5.74) is 1.54. The van der Waals surface area contributed by atoms with E-state index in [2.05, 4.69) is 16.7 Å². The fourth-order valence-corrected chi connectivity index (χ4v) is 4.80. The highest BCUT2D eigenvalue weighted by molar-refractivity contribution is 5.90. The van der Waals surface area contributed by atoms with Gasteiger partial charge < -0.3 is 25.0 Å². The van der Waals surface area contributed by atoms with Crippen LogP contribution in [-0.4, -0.2) is 51.4 Å². The van der Waals surface area contributed by atoms with Crippen LogP contribution in [-0.2, 0) is 6.54 Å². The van der Waals surface area contributed by atoms with Crippen LogP contribution in [0.4, 0.5) is 16.2 Å². The Labute approximate surface area is 207 Å². The molecular weight excluding hydrogens is 445 g/mol. The highest BCUT2D eigenvalue weighted by Crippen LogP contribution is 2.31. The van der Waals surface area contributed by atoms with Crippen molar-refractivity contribution in [3.63, 3.8) is 0 Å². The number of aromatic nitrogens is 2. The number of nitrogens with one attached hydrogen (secondary N) is 2. The van der Waals surface area contributed by atoms with Gasteiger partial charge >= 0.3 is 0 Å². The van der Waals surface area contributed by atoms with Crippen LogP contribution in [0.1, 0.15) is 31.2 Å². The maximum Gasteiger partial charge on any atom is 0.225 e. The third-order valence-corrected chi connectivity index (χ3v) is 6.82. The van der Waals surface area contributed by atoms with Crippen molar-refractivity contribution >= 4 is 22.7 Å². The van der Waals surface area contributed by atoms with E-state index in [-0.39, 0.29) is 5.82 Å². The van der Waals surface area contributed by atoms with Crippen LogP contribution in [0.25, 0.3) is 10.9 Å². The molecule has 0 amide bonds. The Morgan fingerprint density at radius 2 is 1.60 bits per heavy atom. The van der Waals surface area contributed by atoms with Crippen LogP contribution >= 0.6 is 0 Å². The van der Waals surface area contributed by atoms with Crippen LogP contribution in [0.3, 0.4) is 0 Å². The second kappa shape index (κ2) is 11.5. The highest BCUT2D eigenvalue weighted by atomic mass is 19.1. The first-order chi connectivity index (χ1) is 17.0. The normalized spacial score (nSPS) is 17.9. The monoisotopic (exact) mass is 481 g/mol. The summed E-state index contributed by atoms with van der Waals surface area (Å²) in [6, 6.07) is 11.2. The number of fused-ring (bicyclic) bond motifs is 1. The molecule has 35 heavy (non-hydrogen) atoms. The summed E-state index contributed by atoms with van der Waals surface area (Å²) in [4.78, 5) is 11.5. The molecule has 7 nitrogen and oxygen atoms in total. The molecule has 0 aliphatic heterocycles. The van der Waals surface area contributed by atoms with Gasteiger partial charge in [0.1, 0.15) is 11.6 Å². The van der Waals surface area contributed by atoms with Gasteiger partial charge in [0, 0.05) is 44.2 Å². The fraction of sp³-hybridized carbons (Fsp3) is 0.481. The number of anilines is 2. The summed E-state index contributed by atoms with van der Waals surface area (Å²) in [5.74, 6) is 3.50. The van der Waals surface area contributed by atoms with Gasteiger partial charge in [-0.3, -0.25) is 0 Å². The van der Waals surface area contributed by atoms with E-state index in [1.165, 1.54) is 13.2 Å². The highest BCUT2D eigenvalue weighted by Gasteiger charge is 2.22. The summed E-state index contributed by atoms with van der Waals surface area (Å²) in [5, 5.41) is 7.97. The Bertz CT molecular complexity index is 1130. The lowest BCUT2D eigenvalue weighted by Crippen LogP contribution is -2.28. The van der Waals surface area contributed by atoms with Crippen molar-refractivity contribution in [3.8, 4) is 11.5 Å². The first kappa shape index (κ1) is 25.0. The zero-order chi connectivity index (χ0) is 24.8. The molecule has 2 aromatic carbocycles. The Kier molecular flexibility index (Phi) is 8.23. The Morgan fingerprint density at radius 3 is 2.29 bits per heavy atom. The van der Waals surface area contributed by atoms with Crippen molar-refractivity contribution < 1.29 is 13.9 Å². The molecule has 188 valence electrons. The van der Waals surface area contributed by atoms with Gasteiger partial charge in [0.2, 0.25) is 5.95 Å². The van der Waals surface area contributed by atoms with E-state index in [0.717, 1.165) is 55.5 Å². The van der Waals surface area contributed by atoms with Gasteiger partial charge in [-0.1, -0.05) is 12.1 Å². The predicted molar refractivity (Wildman–Crippen MR) is 139 cm³/mol. The zero-order valence-corrected chi connectivity index (χ0v) is 21.1. The lowest BCUT2D eigenvalue weighted by atomic mass is 9.82. The van der Waals surface area contributed by atoms with E-state index in [9.17, 15) is 4.39 Å². The number of hydrogen-bond acceptors (Lipinski definition) is 7. The van der Waals surface area contributed by atoms with Gasteiger partial charge in [-0.25, -0.2) is 9.37 Å². The summed E-state index contributed by atoms with van der Waals surface area (Å²) >= 11 is 0. The molecule has 1 fully saturated rings. The number of benzene rings is 2. The standard InChI is InChI=1S/C27H36FN5O2/c1-33(2)26-21-7-5-6-8-23(21)31-27(32-26)30-16-19-11-9-18(10-12-19)15-29-17-20-13-24(34-3)25(35-4)14-22(20)28/h5-8,13-14,18-19,29H,9-12,15-17H2,1-4H3,(H,30,31,32). The van der Waals surface area contributed by atoms with E-state index in [0.29, 0.717) is 41.4 Å². The second-order valence-electron chi connectivity index (χ2n) is 9.48. The number of halogens is 1. The Morgan fingerprint density at radius 1 is 0.943 bits per heavy atom. The number of para-hydroxylation sites is 1. The molecule has 3 aromatic rings. The van der Waals surface area contributed by atoms with Crippen LogP contribution < -0.4 is 25.0 Å². The number of hydrogen-bond donors (Lipinski definition) is 2. The van der Waals surface area contributed by atoms with Crippen molar-refractivity contribution in [2.24, 2.45) is 11.8 Å². The average Bonchev–Trinajstić information content (AvgIpc) is 2.88. The topological polar surface area (TPSA) is 71.5 Å². The molecule has 4 rings (SSSR count). The average molecular weight is 482 g/mol. The largest absolute Gasteiger partial charge is 0.493 e. The maximum absolute atomic E-state index is 14.4. The first-order valence-corrected chi connectivity index (χ1v) is 12.3. The molecule has 0 unspecified atom stereocenters. The van der Waals surface area contributed by atoms with Crippen molar-refractivity contribution in [2.45, 2.75) is 32.2 Å². The molecule has 2 N–H and O–H groups in total. The summed E-state index contributed by atoms with van der Waals surface area (Å²) in [6.07, 6.45) is 4.65. The minimum absolute atomic E-state index is 0.279. The molecule has 1 aliphatic rings. The van der Waals surface area contributed by atoms with Gasteiger partial charge in [-0.05, 0) is 62.3 Å². The third-order valence-electron chi connectivity index (χ3n) is 6.82. The molecule has 1 aliphatic carbocycles. The molecule has 0 bridgehead atoms. The van der Waals surface area contributed by atoms with Gasteiger partial charge in [-0.15, -0.1) is 0 Å². The first-order valence-electron chi connectivity index (χ1n) is 12.3. The van der Waals surface area contributed by atoms with Crippen LogP contribution in [0.15, 0.2) is 36.4 Å². The van der Waals surface area contributed by atoms with Gasteiger partial charge in [0.15, 0.2) is 11.5 Å².